The second-order valence-corrected chi connectivity index (χ2v) is 7.70. The van der Waals surface area contributed by atoms with E-state index in [0.29, 0.717) is 12.0 Å². The number of nitrogens with one attached hydrogen (secondary N) is 1. The molecule has 0 radical (unpaired) electrons. The summed E-state index contributed by atoms with van der Waals surface area (Å²) in [4.78, 5) is 0. The van der Waals surface area contributed by atoms with Crippen molar-refractivity contribution in [3.8, 4) is 0 Å². The molecule has 0 aromatic carbocycles. The molecule has 4 unspecified atom stereocenters. The van der Waals surface area contributed by atoms with Crippen molar-refractivity contribution in [1.29, 1.82) is 0 Å². The zero-order chi connectivity index (χ0) is 12.5. The fraction of sp³-hybridized carbons (Fsp3) is 1.00. The van der Waals surface area contributed by atoms with Gasteiger partial charge in [0.15, 0.2) is 9.84 Å². The standard InChI is InChI=1S/C12H23NO3S/c1-9-10(6-7-16-9)8-13-11-4-3-5-12(11)17(2,14)15/h9-13H,3-8H2,1-2H3. The van der Waals surface area contributed by atoms with Crippen LogP contribution < -0.4 is 5.32 Å². The molecule has 4 nitrogen and oxygen atoms in total. The fourth-order valence-electron chi connectivity index (χ4n) is 3.02. The first-order valence-corrected chi connectivity index (χ1v) is 8.48. The van der Waals surface area contributed by atoms with E-state index in [1.54, 1.807) is 0 Å². The number of hydrogen-bond donors (Lipinski definition) is 1. The summed E-state index contributed by atoms with van der Waals surface area (Å²) < 4.78 is 28.8. The van der Waals surface area contributed by atoms with Crippen molar-refractivity contribution in [2.24, 2.45) is 5.92 Å². The van der Waals surface area contributed by atoms with Gasteiger partial charge in [-0.25, -0.2) is 8.42 Å². The average molecular weight is 261 g/mol. The first-order valence-electron chi connectivity index (χ1n) is 6.52. The molecule has 0 amide bonds. The van der Waals surface area contributed by atoms with Crippen molar-refractivity contribution in [1.82, 2.24) is 5.32 Å². The lowest BCUT2D eigenvalue weighted by Gasteiger charge is -2.22. The summed E-state index contributed by atoms with van der Waals surface area (Å²) in [6, 6.07) is 0.151. The van der Waals surface area contributed by atoms with E-state index in [1.807, 2.05) is 0 Å². The van der Waals surface area contributed by atoms with Crippen LogP contribution in [0.1, 0.15) is 32.6 Å². The zero-order valence-electron chi connectivity index (χ0n) is 10.7. The van der Waals surface area contributed by atoms with Crippen LogP contribution in [0.4, 0.5) is 0 Å². The summed E-state index contributed by atoms with van der Waals surface area (Å²) in [6.07, 6.45) is 5.57. The van der Waals surface area contributed by atoms with Crippen LogP contribution in [0.3, 0.4) is 0 Å². The van der Waals surface area contributed by atoms with Gasteiger partial charge in [0.05, 0.1) is 11.4 Å². The monoisotopic (exact) mass is 261 g/mol. The molecule has 1 heterocycles. The highest BCUT2D eigenvalue weighted by Gasteiger charge is 2.35. The number of hydrogen-bond acceptors (Lipinski definition) is 4. The minimum Gasteiger partial charge on any atom is -0.378 e. The van der Waals surface area contributed by atoms with Crippen LogP contribution >= 0.6 is 0 Å². The third kappa shape index (κ3) is 3.20. The van der Waals surface area contributed by atoms with Gasteiger partial charge < -0.3 is 10.1 Å². The van der Waals surface area contributed by atoms with Gasteiger partial charge in [-0.3, -0.25) is 0 Å². The molecule has 1 aliphatic carbocycles. The van der Waals surface area contributed by atoms with E-state index in [4.69, 9.17) is 4.74 Å². The third-order valence-electron chi connectivity index (χ3n) is 4.18. The van der Waals surface area contributed by atoms with Gasteiger partial charge in [-0.1, -0.05) is 6.42 Å². The van der Waals surface area contributed by atoms with Crippen molar-refractivity contribution in [3.05, 3.63) is 0 Å². The summed E-state index contributed by atoms with van der Waals surface area (Å²) in [5.74, 6) is 0.538. The molecule has 100 valence electrons. The zero-order valence-corrected chi connectivity index (χ0v) is 11.5. The first kappa shape index (κ1) is 13.3. The maximum absolute atomic E-state index is 11.6. The molecule has 0 spiro atoms. The second-order valence-electron chi connectivity index (χ2n) is 5.44. The molecule has 1 N–H and O–H groups in total. The van der Waals surface area contributed by atoms with E-state index in [0.717, 1.165) is 38.8 Å². The van der Waals surface area contributed by atoms with Crippen LogP contribution in [0.2, 0.25) is 0 Å². The molecule has 0 aromatic rings. The van der Waals surface area contributed by atoms with E-state index in [2.05, 4.69) is 12.2 Å². The van der Waals surface area contributed by atoms with Gasteiger partial charge in [0, 0.05) is 25.4 Å². The highest BCUT2D eigenvalue weighted by atomic mass is 32.2. The predicted molar refractivity (Wildman–Crippen MR) is 67.8 cm³/mol. The average Bonchev–Trinajstić information content (AvgIpc) is 2.82. The van der Waals surface area contributed by atoms with Gasteiger partial charge in [-0.2, -0.15) is 0 Å². The van der Waals surface area contributed by atoms with Crippen molar-refractivity contribution in [3.63, 3.8) is 0 Å². The number of sulfone groups is 1. The van der Waals surface area contributed by atoms with E-state index < -0.39 is 9.84 Å². The SMILES string of the molecule is CC1OCCC1CNC1CCCC1S(C)(=O)=O. The van der Waals surface area contributed by atoms with E-state index in [1.165, 1.54) is 6.26 Å². The predicted octanol–water partition coefficient (Wildman–Crippen LogP) is 0.967. The summed E-state index contributed by atoms with van der Waals surface area (Å²) in [7, 11) is -2.90. The van der Waals surface area contributed by atoms with Gasteiger partial charge in [-0.05, 0) is 32.1 Å². The van der Waals surface area contributed by atoms with Crippen LogP contribution in [-0.2, 0) is 14.6 Å². The Labute approximate surface area is 104 Å². The van der Waals surface area contributed by atoms with Gasteiger partial charge >= 0.3 is 0 Å². The third-order valence-corrected chi connectivity index (χ3v) is 5.84. The maximum atomic E-state index is 11.6. The largest absolute Gasteiger partial charge is 0.378 e. The van der Waals surface area contributed by atoms with Gasteiger partial charge in [0.25, 0.3) is 0 Å². The Hall–Kier alpha value is -0.130. The summed E-state index contributed by atoms with van der Waals surface area (Å²) in [5.41, 5.74) is 0. The smallest absolute Gasteiger partial charge is 0.151 e. The van der Waals surface area contributed by atoms with Crippen molar-refractivity contribution in [2.75, 3.05) is 19.4 Å². The van der Waals surface area contributed by atoms with Crippen molar-refractivity contribution in [2.45, 2.75) is 50.0 Å². The molecule has 2 fully saturated rings. The quantitative estimate of drug-likeness (QED) is 0.819. The minimum atomic E-state index is -2.90. The molecular weight excluding hydrogens is 238 g/mol. The van der Waals surface area contributed by atoms with E-state index in [-0.39, 0.29) is 11.3 Å². The lowest BCUT2D eigenvalue weighted by atomic mass is 10.0. The Morgan fingerprint density at radius 2 is 2.06 bits per heavy atom. The number of rotatable bonds is 4. The molecule has 1 aliphatic heterocycles. The van der Waals surface area contributed by atoms with Gasteiger partial charge in [0.1, 0.15) is 0 Å². The Balaban J connectivity index is 1.86. The molecule has 0 aromatic heterocycles. The molecule has 1 saturated heterocycles. The normalized spacial score (nSPS) is 38.7. The molecule has 2 aliphatic rings. The molecule has 5 heteroatoms. The van der Waals surface area contributed by atoms with Crippen molar-refractivity contribution < 1.29 is 13.2 Å². The Kier molecular flexibility index (Phi) is 4.10. The van der Waals surface area contributed by atoms with Crippen molar-refractivity contribution >= 4 is 9.84 Å². The van der Waals surface area contributed by atoms with Crippen LogP contribution in [0.5, 0.6) is 0 Å². The first-order chi connectivity index (χ1) is 7.98. The highest BCUT2D eigenvalue weighted by Crippen LogP contribution is 2.26. The minimum absolute atomic E-state index is 0.151. The van der Waals surface area contributed by atoms with Gasteiger partial charge in [-0.15, -0.1) is 0 Å². The molecule has 2 rings (SSSR count). The summed E-state index contributed by atoms with van der Waals surface area (Å²) in [5, 5.41) is 3.27. The van der Waals surface area contributed by atoms with Crippen LogP contribution in [0.25, 0.3) is 0 Å². The maximum Gasteiger partial charge on any atom is 0.151 e. The van der Waals surface area contributed by atoms with E-state index in [9.17, 15) is 8.42 Å². The highest BCUT2D eigenvalue weighted by molar-refractivity contribution is 7.91. The molecule has 0 bridgehead atoms. The van der Waals surface area contributed by atoms with Crippen LogP contribution in [-0.4, -0.2) is 45.2 Å². The Morgan fingerprint density at radius 1 is 1.29 bits per heavy atom. The lowest BCUT2D eigenvalue weighted by molar-refractivity contribution is 0.105. The van der Waals surface area contributed by atoms with Crippen LogP contribution in [0, 0.1) is 5.92 Å². The van der Waals surface area contributed by atoms with Crippen LogP contribution in [0.15, 0.2) is 0 Å². The topological polar surface area (TPSA) is 55.4 Å². The van der Waals surface area contributed by atoms with E-state index >= 15 is 0 Å². The summed E-state index contributed by atoms with van der Waals surface area (Å²) >= 11 is 0. The molecule has 17 heavy (non-hydrogen) atoms. The number of ether oxygens (including phenoxy) is 1. The molecule has 1 saturated carbocycles. The Bertz CT molecular complexity index is 355. The molecule has 4 atom stereocenters. The van der Waals surface area contributed by atoms with Gasteiger partial charge in [0.2, 0.25) is 0 Å². The lowest BCUT2D eigenvalue weighted by Crippen LogP contribution is -2.42. The Morgan fingerprint density at radius 3 is 2.65 bits per heavy atom. The fourth-order valence-corrected chi connectivity index (χ4v) is 4.44. The second kappa shape index (κ2) is 5.24. The molecular formula is C12H23NO3S. The summed E-state index contributed by atoms with van der Waals surface area (Å²) in [6.45, 7) is 3.83.